The molecular weight excluding hydrogens is 409 g/mol. The summed E-state index contributed by atoms with van der Waals surface area (Å²) >= 11 is 11.4. The van der Waals surface area contributed by atoms with Crippen LogP contribution in [-0.2, 0) is 6.61 Å². The van der Waals surface area contributed by atoms with Gasteiger partial charge in [-0.15, -0.1) is 0 Å². The first-order valence-corrected chi connectivity index (χ1v) is 7.69. The molecule has 0 aliphatic heterocycles. The van der Waals surface area contributed by atoms with E-state index >= 15 is 0 Å². The molecule has 10 heteroatoms. The fourth-order valence-electron chi connectivity index (χ4n) is 1.84. The molecule has 0 amide bonds. The van der Waals surface area contributed by atoms with Crippen molar-refractivity contribution in [3.05, 3.63) is 58.1 Å². The van der Waals surface area contributed by atoms with E-state index in [1.807, 2.05) is 0 Å². The standard InChI is InChI=1S/C16H10Cl2F6O2/c17-11-6-10(25-8-9-4-2-1-3-5-9)7-12(18)13(11)26-16(23,24)14(19)15(20,21)22/h1-7,14H,8H2. The van der Waals surface area contributed by atoms with Crippen LogP contribution in [-0.4, -0.2) is 18.5 Å². The van der Waals surface area contributed by atoms with Gasteiger partial charge in [0.15, 0.2) is 5.75 Å². The average molecular weight is 419 g/mol. The molecule has 0 radical (unpaired) electrons. The largest absolute Gasteiger partial charge is 0.489 e. The molecule has 0 N–H and O–H groups in total. The Hall–Kier alpha value is -1.80. The van der Waals surface area contributed by atoms with Crippen molar-refractivity contribution in [3.8, 4) is 11.5 Å². The summed E-state index contributed by atoms with van der Waals surface area (Å²) in [5, 5.41) is -1.12. The third-order valence-corrected chi connectivity index (χ3v) is 3.60. The first kappa shape index (κ1) is 20.5. The zero-order valence-corrected chi connectivity index (χ0v) is 14.2. The molecule has 0 saturated carbocycles. The van der Waals surface area contributed by atoms with Crippen LogP contribution in [0.25, 0.3) is 0 Å². The topological polar surface area (TPSA) is 18.5 Å². The number of hydrogen-bond acceptors (Lipinski definition) is 2. The zero-order chi connectivity index (χ0) is 19.5. The van der Waals surface area contributed by atoms with Crippen molar-refractivity contribution in [2.75, 3.05) is 0 Å². The Kier molecular flexibility index (Phi) is 6.18. The van der Waals surface area contributed by atoms with Crippen LogP contribution in [0.1, 0.15) is 5.56 Å². The van der Waals surface area contributed by atoms with Crippen LogP contribution in [0.3, 0.4) is 0 Å². The maximum atomic E-state index is 13.4. The molecule has 0 saturated heterocycles. The molecule has 2 aromatic rings. The summed E-state index contributed by atoms with van der Waals surface area (Å²) in [5.41, 5.74) is 0.789. The highest BCUT2D eigenvalue weighted by Gasteiger charge is 2.59. The maximum Gasteiger partial charge on any atom is 0.439 e. The summed E-state index contributed by atoms with van der Waals surface area (Å²) in [6.45, 7) is 0.102. The Bertz CT molecular complexity index is 729. The van der Waals surface area contributed by atoms with Crippen molar-refractivity contribution < 1.29 is 35.8 Å². The molecule has 0 spiro atoms. The van der Waals surface area contributed by atoms with Gasteiger partial charge in [0.05, 0.1) is 10.0 Å². The Balaban J connectivity index is 2.16. The number of hydrogen-bond donors (Lipinski definition) is 0. The van der Waals surface area contributed by atoms with E-state index in [-0.39, 0.29) is 12.4 Å². The van der Waals surface area contributed by atoms with Gasteiger partial charge < -0.3 is 9.47 Å². The monoisotopic (exact) mass is 418 g/mol. The highest BCUT2D eigenvalue weighted by Crippen LogP contribution is 2.43. The van der Waals surface area contributed by atoms with Gasteiger partial charge in [0.25, 0.3) is 6.17 Å². The number of benzene rings is 2. The highest BCUT2D eigenvalue weighted by atomic mass is 35.5. The first-order valence-electron chi connectivity index (χ1n) is 6.94. The third-order valence-electron chi connectivity index (χ3n) is 3.04. The number of halogens is 8. The van der Waals surface area contributed by atoms with E-state index in [2.05, 4.69) is 4.74 Å². The molecule has 0 fully saturated rings. The minimum atomic E-state index is -5.82. The van der Waals surface area contributed by atoms with Gasteiger partial charge in [-0.2, -0.15) is 22.0 Å². The average Bonchev–Trinajstić information content (AvgIpc) is 2.56. The van der Waals surface area contributed by atoms with E-state index in [1.54, 1.807) is 30.3 Å². The van der Waals surface area contributed by atoms with Crippen LogP contribution >= 0.6 is 23.2 Å². The van der Waals surface area contributed by atoms with E-state index < -0.39 is 34.3 Å². The molecule has 1 atom stereocenters. The summed E-state index contributed by atoms with van der Waals surface area (Å²) in [6.07, 6.45) is -15.6. The molecule has 2 rings (SSSR count). The van der Waals surface area contributed by atoms with Gasteiger partial charge in [0.2, 0.25) is 0 Å². The summed E-state index contributed by atoms with van der Waals surface area (Å²) in [6, 6.07) is 10.9. The molecule has 0 aliphatic carbocycles. The maximum absolute atomic E-state index is 13.4. The molecule has 0 bridgehead atoms. The Morgan fingerprint density at radius 3 is 1.96 bits per heavy atom. The molecule has 2 aromatic carbocycles. The molecule has 0 aromatic heterocycles. The second kappa shape index (κ2) is 7.84. The number of ether oxygens (including phenoxy) is 2. The second-order valence-corrected chi connectivity index (χ2v) is 5.87. The molecule has 26 heavy (non-hydrogen) atoms. The first-order chi connectivity index (χ1) is 12.0. The summed E-state index contributed by atoms with van der Waals surface area (Å²) in [4.78, 5) is 0. The lowest BCUT2D eigenvalue weighted by atomic mass is 10.2. The van der Waals surface area contributed by atoms with Gasteiger partial charge in [-0.3, -0.25) is 0 Å². The molecule has 2 nitrogen and oxygen atoms in total. The van der Waals surface area contributed by atoms with Crippen molar-refractivity contribution in [2.24, 2.45) is 0 Å². The molecule has 0 aliphatic rings. The van der Waals surface area contributed by atoms with Crippen LogP contribution in [0.4, 0.5) is 26.3 Å². The summed E-state index contributed by atoms with van der Waals surface area (Å²) in [7, 11) is 0. The predicted molar refractivity (Wildman–Crippen MR) is 83.8 cm³/mol. The molecular formula is C16H10Cl2F6O2. The lowest BCUT2D eigenvalue weighted by Gasteiger charge is -2.24. The van der Waals surface area contributed by atoms with E-state index in [1.165, 1.54) is 0 Å². The SMILES string of the molecule is FC(C(F)(F)F)C(F)(F)Oc1c(Cl)cc(OCc2ccccc2)cc1Cl. The normalized spacial score (nSPS) is 13.4. The lowest BCUT2D eigenvalue weighted by Crippen LogP contribution is -2.45. The van der Waals surface area contributed by atoms with Crippen LogP contribution in [0.5, 0.6) is 11.5 Å². The van der Waals surface area contributed by atoms with Crippen molar-refractivity contribution in [3.63, 3.8) is 0 Å². The quantitative estimate of drug-likeness (QED) is 0.502. The van der Waals surface area contributed by atoms with Gasteiger partial charge in [0, 0.05) is 12.1 Å². The Morgan fingerprint density at radius 2 is 1.46 bits per heavy atom. The number of alkyl halides is 6. The van der Waals surface area contributed by atoms with Gasteiger partial charge >= 0.3 is 12.3 Å². The van der Waals surface area contributed by atoms with E-state index in [9.17, 15) is 26.3 Å². The van der Waals surface area contributed by atoms with Gasteiger partial charge in [-0.05, 0) is 5.56 Å². The number of rotatable bonds is 6. The van der Waals surface area contributed by atoms with E-state index in [0.717, 1.165) is 17.7 Å². The van der Waals surface area contributed by atoms with Crippen molar-refractivity contribution >= 4 is 23.2 Å². The fraction of sp³-hybridized carbons (Fsp3) is 0.250. The zero-order valence-electron chi connectivity index (χ0n) is 12.7. The summed E-state index contributed by atoms with van der Waals surface area (Å²) < 4.78 is 85.3. The summed E-state index contributed by atoms with van der Waals surface area (Å²) in [5.74, 6) is -0.926. The van der Waals surface area contributed by atoms with Gasteiger partial charge in [0.1, 0.15) is 12.4 Å². The fourth-order valence-corrected chi connectivity index (χ4v) is 2.38. The Morgan fingerprint density at radius 1 is 0.923 bits per heavy atom. The van der Waals surface area contributed by atoms with Crippen LogP contribution in [0.2, 0.25) is 10.0 Å². The highest BCUT2D eigenvalue weighted by molar-refractivity contribution is 6.37. The van der Waals surface area contributed by atoms with Gasteiger partial charge in [-0.1, -0.05) is 53.5 Å². The molecule has 142 valence electrons. The van der Waals surface area contributed by atoms with Crippen molar-refractivity contribution in [2.45, 2.75) is 25.1 Å². The van der Waals surface area contributed by atoms with Crippen molar-refractivity contribution in [1.29, 1.82) is 0 Å². The predicted octanol–water partition coefficient (Wildman–Crippen LogP) is 6.44. The minimum Gasteiger partial charge on any atom is -0.489 e. The minimum absolute atomic E-state index is 0.0622. The van der Waals surface area contributed by atoms with E-state index in [0.29, 0.717) is 0 Å². The van der Waals surface area contributed by atoms with Crippen LogP contribution in [0, 0.1) is 0 Å². The second-order valence-electron chi connectivity index (χ2n) is 5.06. The van der Waals surface area contributed by atoms with E-state index in [4.69, 9.17) is 27.9 Å². The smallest absolute Gasteiger partial charge is 0.439 e. The Labute approximate surface area is 154 Å². The van der Waals surface area contributed by atoms with Gasteiger partial charge in [-0.25, -0.2) is 4.39 Å². The van der Waals surface area contributed by atoms with Crippen LogP contribution < -0.4 is 9.47 Å². The molecule has 0 heterocycles. The van der Waals surface area contributed by atoms with Crippen molar-refractivity contribution in [1.82, 2.24) is 0 Å². The lowest BCUT2D eigenvalue weighted by molar-refractivity contribution is -0.304. The third kappa shape index (κ3) is 5.11. The molecule has 1 unspecified atom stereocenters. The van der Waals surface area contributed by atoms with Crippen LogP contribution in [0.15, 0.2) is 42.5 Å².